The minimum Gasteiger partial charge on any atom is -0.468 e. The van der Waals surface area contributed by atoms with Crippen molar-refractivity contribution in [3.05, 3.63) is 0 Å². The van der Waals surface area contributed by atoms with Crippen LogP contribution in [-0.2, 0) is 9.53 Å². The van der Waals surface area contributed by atoms with Gasteiger partial charge in [-0.1, -0.05) is 27.7 Å². The monoisotopic (exact) mass is 300 g/mol. The number of hydrogen-bond donors (Lipinski definition) is 1. The molecule has 0 aliphatic rings. The summed E-state index contributed by atoms with van der Waals surface area (Å²) < 4.78 is 4.88. The van der Waals surface area contributed by atoms with Gasteiger partial charge in [-0.3, -0.25) is 4.79 Å². The van der Waals surface area contributed by atoms with Crippen molar-refractivity contribution < 1.29 is 9.53 Å². The highest BCUT2D eigenvalue weighted by molar-refractivity contribution is 5.80. The van der Waals surface area contributed by atoms with Gasteiger partial charge in [0, 0.05) is 13.1 Å². The molecular weight excluding hydrogens is 264 g/mol. The number of methoxy groups -OCH3 is 1. The first-order chi connectivity index (χ1) is 9.75. The van der Waals surface area contributed by atoms with Gasteiger partial charge in [0.1, 0.15) is 5.54 Å². The van der Waals surface area contributed by atoms with Crippen LogP contribution in [0.3, 0.4) is 0 Å². The van der Waals surface area contributed by atoms with Gasteiger partial charge in [0.05, 0.1) is 7.11 Å². The van der Waals surface area contributed by atoms with E-state index in [1.165, 1.54) is 7.11 Å². The minimum atomic E-state index is -0.560. The zero-order valence-corrected chi connectivity index (χ0v) is 15.2. The standard InChI is InChI=1S/C17H36N2O2/c1-14(2)12-19(13-15(3)4)11-9-8-10-17(5,18-6)16(20)21-7/h14-15,18H,8-13H2,1-7H3. The van der Waals surface area contributed by atoms with Gasteiger partial charge in [-0.05, 0) is 51.6 Å². The minimum absolute atomic E-state index is 0.175. The van der Waals surface area contributed by atoms with Gasteiger partial charge >= 0.3 is 5.97 Å². The Hall–Kier alpha value is -0.610. The number of rotatable bonds is 11. The van der Waals surface area contributed by atoms with E-state index < -0.39 is 5.54 Å². The molecule has 0 rings (SSSR count). The second-order valence-corrected chi connectivity index (χ2v) is 7.08. The molecule has 0 aromatic carbocycles. The number of nitrogens with zero attached hydrogens (tertiary/aromatic N) is 1. The third-order valence-electron chi connectivity index (χ3n) is 3.84. The summed E-state index contributed by atoms with van der Waals surface area (Å²) in [5.41, 5.74) is -0.560. The SMILES string of the molecule is CNC(C)(CCCCN(CC(C)C)CC(C)C)C(=O)OC. The second-order valence-electron chi connectivity index (χ2n) is 7.08. The van der Waals surface area contributed by atoms with Crippen LogP contribution < -0.4 is 5.32 Å². The van der Waals surface area contributed by atoms with Gasteiger partial charge in [-0.2, -0.15) is 0 Å². The third-order valence-corrected chi connectivity index (χ3v) is 3.84. The second kappa shape index (κ2) is 10.2. The summed E-state index contributed by atoms with van der Waals surface area (Å²) in [5.74, 6) is 1.22. The Morgan fingerprint density at radius 3 is 2.05 bits per heavy atom. The molecule has 0 heterocycles. The van der Waals surface area contributed by atoms with Gasteiger partial charge in [0.2, 0.25) is 0 Å². The molecule has 1 N–H and O–H groups in total. The predicted molar refractivity (Wildman–Crippen MR) is 89.4 cm³/mol. The maximum absolute atomic E-state index is 11.8. The fourth-order valence-electron chi connectivity index (χ4n) is 2.66. The molecule has 0 saturated carbocycles. The van der Waals surface area contributed by atoms with Gasteiger partial charge < -0.3 is 15.0 Å². The van der Waals surface area contributed by atoms with E-state index in [0.717, 1.165) is 38.9 Å². The molecule has 0 spiro atoms. The van der Waals surface area contributed by atoms with Crippen LogP contribution in [0.2, 0.25) is 0 Å². The number of esters is 1. The molecular formula is C17H36N2O2. The van der Waals surface area contributed by atoms with Gasteiger partial charge in [-0.15, -0.1) is 0 Å². The van der Waals surface area contributed by atoms with E-state index in [2.05, 4.69) is 37.9 Å². The first-order valence-electron chi connectivity index (χ1n) is 8.24. The molecule has 0 aliphatic heterocycles. The average Bonchev–Trinajstić information content (AvgIpc) is 2.40. The van der Waals surface area contributed by atoms with Crippen LogP contribution in [0, 0.1) is 11.8 Å². The van der Waals surface area contributed by atoms with Crippen molar-refractivity contribution in [2.24, 2.45) is 11.8 Å². The lowest BCUT2D eigenvalue weighted by molar-refractivity contribution is -0.148. The zero-order chi connectivity index (χ0) is 16.5. The van der Waals surface area contributed by atoms with Crippen LogP contribution in [0.25, 0.3) is 0 Å². The maximum atomic E-state index is 11.8. The Kier molecular flexibility index (Phi) is 9.88. The molecule has 0 aromatic heterocycles. The first kappa shape index (κ1) is 20.4. The molecule has 0 bridgehead atoms. The lowest BCUT2D eigenvalue weighted by Crippen LogP contribution is -2.48. The molecule has 0 radical (unpaired) electrons. The largest absolute Gasteiger partial charge is 0.468 e. The normalized spacial score (nSPS) is 14.8. The van der Waals surface area contributed by atoms with E-state index in [-0.39, 0.29) is 5.97 Å². The summed E-state index contributed by atoms with van der Waals surface area (Å²) >= 11 is 0. The van der Waals surface area contributed by atoms with E-state index in [4.69, 9.17) is 4.74 Å². The van der Waals surface area contributed by atoms with E-state index in [9.17, 15) is 4.79 Å². The van der Waals surface area contributed by atoms with E-state index in [1.807, 2.05) is 14.0 Å². The van der Waals surface area contributed by atoms with Crippen molar-refractivity contribution >= 4 is 5.97 Å². The number of carbonyl (C=O) groups excluding carboxylic acids is 1. The Morgan fingerprint density at radius 2 is 1.67 bits per heavy atom. The third kappa shape index (κ3) is 8.42. The smallest absolute Gasteiger partial charge is 0.325 e. The van der Waals surface area contributed by atoms with Crippen molar-refractivity contribution in [3.8, 4) is 0 Å². The highest BCUT2D eigenvalue weighted by Crippen LogP contribution is 2.16. The molecule has 0 fully saturated rings. The van der Waals surface area contributed by atoms with Gasteiger partial charge in [-0.25, -0.2) is 0 Å². The molecule has 4 heteroatoms. The number of hydrogen-bond acceptors (Lipinski definition) is 4. The topological polar surface area (TPSA) is 41.6 Å². The van der Waals surface area contributed by atoms with Crippen molar-refractivity contribution in [2.45, 2.75) is 59.4 Å². The Morgan fingerprint density at radius 1 is 1.14 bits per heavy atom. The van der Waals surface area contributed by atoms with Crippen LogP contribution in [0.4, 0.5) is 0 Å². The number of likely N-dealkylation sites (N-methyl/N-ethyl adjacent to an activating group) is 1. The van der Waals surface area contributed by atoms with E-state index >= 15 is 0 Å². The highest BCUT2D eigenvalue weighted by Gasteiger charge is 2.31. The molecule has 126 valence electrons. The number of unbranched alkanes of at least 4 members (excludes halogenated alkanes) is 1. The zero-order valence-electron chi connectivity index (χ0n) is 15.2. The predicted octanol–water partition coefficient (Wildman–Crippen LogP) is 2.92. The molecule has 1 unspecified atom stereocenters. The molecule has 4 nitrogen and oxygen atoms in total. The van der Waals surface area contributed by atoms with Gasteiger partial charge in [0.25, 0.3) is 0 Å². The number of carbonyl (C=O) groups is 1. The van der Waals surface area contributed by atoms with E-state index in [1.54, 1.807) is 0 Å². The fourth-order valence-corrected chi connectivity index (χ4v) is 2.66. The van der Waals surface area contributed by atoms with Crippen LogP contribution in [0.5, 0.6) is 0 Å². The summed E-state index contributed by atoms with van der Waals surface area (Å²) in [5, 5.41) is 3.09. The number of nitrogens with one attached hydrogen (secondary N) is 1. The summed E-state index contributed by atoms with van der Waals surface area (Å²) in [4.78, 5) is 14.3. The van der Waals surface area contributed by atoms with Crippen molar-refractivity contribution in [2.75, 3.05) is 33.8 Å². The average molecular weight is 300 g/mol. The van der Waals surface area contributed by atoms with Crippen molar-refractivity contribution in [3.63, 3.8) is 0 Å². The molecule has 1 atom stereocenters. The quantitative estimate of drug-likeness (QED) is 0.470. The Bertz CT molecular complexity index is 283. The molecule has 0 aliphatic carbocycles. The van der Waals surface area contributed by atoms with Crippen LogP contribution in [-0.4, -0.2) is 50.2 Å². The highest BCUT2D eigenvalue weighted by atomic mass is 16.5. The summed E-state index contributed by atoms with van der Waals surface area (Å²) in [6.07, 6.45) is 2.96. The fraction of sp³-hybridized carbons (Fsp3) is 0.941. The lowest BCUT2D eigenvalue weighted by Gasteiger charge is -2.28. The van der Waals surface area contributed by atoms with Crippen molar-refractivity contribution in [1.29, 1.82) is 0 Å². The molecule has 0 saturated heterocycles. The summed E-state index contributed by atoms with van der Waals surface area (Å²) in [7, 11) is 3.27. The molecule has 0 amide bonds. The Labute approximate surface area is 131 Å². The maximum Gasteiger partial charge on any atom is 0.325 e. The van der Waals surface area contributed by atoms with Crippen LogP contribution in [0.15, 0.2) is 0 Å². The van der Waals surface area contributed by atoms with Crippen LogP contribution in [0.1, 0.15) is 53.9 Å². The summed E-state index contributed by atoms with van der Waals surface area (Å²) in [6, 6.07) is 0. The molecule has 21 heavy (non-hydrogen) atoms. The van der Waals surface area contributed by atoms with E-state index in [0.29, 0.717) is 11.8 Å². The lowest BCUT2D eigenvalue weighted by atomic mass is 9.95. The first-order valence-corrected chi connectivity index (χ1v) is 8.24. The van der Waals surface area contributed by atoms with Crippen LogP contribution >= 0.6 is 0 Å². The Balaban J connectivity index is 4.21. The summed E-state index contributed by atoms with van der Waals surface area (Å²) in [6.45, 7) is 14.4. The molecule has 0 aromatic rings. The number of ether oxygens (including phenoxy) is 1. The van der Waals surface area contributed by atoms with Gasteiger partial charge in [0.15, 0.2) is 0 Å². The van der Waals surface area contributed by atoms with Crippen molar-refractivity contribution in [1.82, 2.24) is 10.2 Å².